The standard InChI is InChI=1S/C13H8BrF4NO/c14-8-4-9(15)6-10(5-8)20-12-2-1-7(3-11(12)19)13(16,17)18/h1-6H,19H2. The van der Waals surface area contributed by atoms with Crippen molar-refractivity contribution in [3.63, 3.8) is 0 Å². The van der Waals surface area contributed by atoms with Crippen LogP contribution in [0.25, 0.3) is 0 Å². The van der Waals surface area contributed by atoms with Gasteiger partial charge < -0.3 is 10.5 Å². The summed E-state index contributed by atoms with van der Waals surface area (Å²) in [6.45, 7) is 0. The van der Waals surface area contributed by atoms with Crippen LogP contribution in [0, 0.1) is 5.82 Å². The second kappa shape index (κ2) is 5.32. The molecule has 0 saturated carbocycles. The highest BCUT2D eigenvalue weighted by molar-refractivity contribution is 9.10. The van der Waals surface area contributed by atoms with Crippen molar-refractivity contribution in [1.29, 1.82) is 0 Å². The number of ether oxygens (including phenoxy) is 1. The van der Waals surface area contributed by atoms with Crippen molar-refractivity contribution in [2.24, 2.45) is 0 Å². The fourth-order valence-electron chi connectivity index (χ4n) is 1.53. The first-order chi connectivity index (χ1) is 9.25. The molecule has 7 heteroatoms. The normalized spacial score (nSPS) is 11.4. The Balaban J connectivity index is 2.30. The molecule has 2 rings (SSSR count). The Morgan fingerprint density at radius 1 is 1.05 bits per heavy atom. The first kappa shape index (κ1) is 14.6. The van der Waals surface area contributed by atoms with Gasteiger partial charge in [-0.3, -0.25) is 0 Å². The van der Waals surface area contributed by atoms with Gasteiger partial charge in [-0.25, -0.2) is 4.39 Å². The number of benzene rings is 2. The molecule has 0 amide bonds. The first-order valence-corrected chi connectivity index (χ1v) is 6.15. The number of anilines is 1. The second-order valence-electron chi connectivity index (χ2n) is 3.96. The third-order valence-electron chi connectivity index (χ3n) is 2.40. The van der Waals surface area contributed by atoms with E-state index in [2.05, 4.69) is 15.9 Å². The molecule has 0 unspecified atom stereocenters. The maximum atomic E-state index is 13.2. The Hall–Kier alpha value is -1.76. The molecule has 2 aromatic rings. The van der Waals surface area contributed by atoms with Gasteiger partial charge >= 0.3 is 6.18 Å². The zero-order chi connectivity index (χ0) is 14.9. The van der Waals surface area contributed by atoms with Gasteiger partial charge in [-0.15, -0.1) is 0 Å². The fourth-order valence-corrected chi connectivity index (χ4v) is 1.98. The molecule has 2 nitrogen and oxygen atoms in total. The maximum absolute atomic E-state index is 13.2. The quantitative estimate of drug-likeness (QED) is 0.612. The van der Waals surface area contributed by atoms with Crippen LogP contribution in [0.4, 0.5) is 23.2 Å². The lowest BCUT2D eigenvalue weighted by molar-refractivity contribution is -0.137. The number of nitrogen functional groups attached to an aromatic ring is 1. The molecule has 0 spiro atoms. The van der Waals surface area contributed by atoms with E-state index in [1.807, 2.05) is 0 Å². The van der Waals surface area contributed by atoms with Crippen molar-refractivity contribution in [3.8, 4) is 11.5 Å². The van der Waals surface area contributed by atoms with Crippen molar-refractivity contribution >= 4 is 21.6 Å². The predicted molar refractivity (Wildman–Crippen MR) is 70.0 cm³/mol. The zero-order valence-electron chi connectivity index (χ0n) is 9.84. The van der Waals surface area contributed by atoms with E-state index in [0.717, 1.165) is 24.3 Å². The Morgan fingerprint density at radius 2 is 1.75 bits per heavy atom. The van der Waals surface area contributed by atoms with Crippen LogP contribution in [0.1, 0.15) is 5.56 Å². The minimum absolute atomic E-state index is 0.0236. The van der Waals surface area contributed by atoms with Gasteiger partial charge in [-0.2, -0.15) is 13.2 Å². The summed E-state index contributed by atoms with van der Waals surface area (Å²) < 4.78 is 56.3. The highest BCUT2D eigenvalue weighted by Crippen LogP contribution is 2.35. The van der Waals surface area contributed by atoms with E-state index in [0.29, 0.717) is 4.47 Å². The van der Waals surface area contributed by atoms with Gasteiger partial charge in [0.15, 0.2) is 0 Å². The average Bonchev–Trinajstić information content (AvgIpc) is 2.29. The van der Waals surface area contributed by atoms with E-state index in [1.54, 1.807) is 0 Å². The van der Waals surface area contributed by atoms with Crippen molar-refractivity contribution in [1.82, 2.24) is 0 Å². The molecular formula is C13H8BrF4NO. The molecule has 0 heterocycles. The summed E-state index contributed by atoms with van der Waals surface area (Å²) in [7, 11) is 0. The average molecular weight is 350 g/mol. The third-order valence-corrected chi connectivity index (χ3v) is 2.86. The summed E-state index contributed by atoms with van der Waals surface area (Å²) in [6.07, 6.45) is -4.48. The molecule has 0 radical (unpaired) electrons. The molecule has 2 N–H and O–H groups in total. The molecular weight excluding hydrogens is 342 g/mol. The van der Waals surface area contributed by atoms with Crippen molar-refractivity contribution in [2.45, 2.75) is 6.18 Å². The van der Waals surface area contributed by atoms with Gasteiger partial charge in [0.25, 0.3) is 0 Å². The Morgan fingerprint density at radius 3 is 2.30 bits per heavy atom. The number of hydrogen-bond donors (Lipinski definition) is 1. The summed E-state index contributed by atoms with van der Waals surface area (Å²) in [5.41, 5.74) is 4.46. The summed E-state index contributed by atoms with van der Waals surface area (Å²) in [5.74, 6) is -0.390. The van der Waals surface area contributed by atoms with Crippen LogP contribution in [0.2, 0.25) is 0 Å². The van der Waals surface area contributed by atoms with Crippen LogP contribution in [0.3, 0.4) is 0 Å². The van der Waals surface area contributed by atoms with E-state index >= 15 is 0 Å². The lowest BCUT2D eigenvalue weighted by Crippen LogP contribution is -2.06. The summed E-state index contributed by atoms with van der Waals surface area (Å²) in [6, 6.07) is 6.51. The number of halogens is 5. The highest BCUT2D eigenvalue weighted by Gasteiger charge is 2.31. The van der Waals surface area contributed by atoms with E-state index in [9.17, 15) is 17.6 Å². The molecule has 0 aliphatic heterocycles. The number of hydrogen-bond acceptors (Lipinski definition) is 2. The van der Waals surface area contributed by atoms with Crippen LogP contribution in [0.15, 0.2) is 40.9 Å². The molecule has 0 aromatic heterocycles. The molecule has 0 aliphatic rings. The zero-order valence-corrected chi connectivity index (χ0v) is 11.4. The van der Waals surface area contributed by atoms with Gasteiger partial charge in [0.05, 0.1) is 11.3 Å². The van der Waals surface area contributed by atoms with Crippen molar-refractivity contribution < 1.29 is 22.3 Å². The molecule has 20 heavy (non-hydrogen) atoms. The molecule has 2 aromatic carbocycles. The van der Waals surface area contributed by atoms with E-state index in [-0.39, 0.29) is 17.2 Å². The molecule has 0 bridgehead atoms. The van der Waals surface area contributed by atoms with Gasteiger partial charge in [0.1, 0.15) is 17.3 Å². The fraction of sp³-hybridized carbons (Fsp3) is 0.0769. The topological polar surface area (TPSA) is 35.2 Å². The van der Waals surface area contributed by atoms with Gasteiger partial charge in [-0.05, 0) is 30.3 Å². The number of rotatable bonds is 2. The second-order valence-corrected chi connectivity index (χ2v) is 4.87. The molecule has 0 saturated heterocycles. The maximum Gasteiger partial charge on any atom is 0.416 e. The van der Waals surface area contributed by atoms with Crippen molar-refractivity contribution in [2.75, 3.05) is 5.73 Å². The van der Waals surface area contributed by atoms with Gasteiger partial charge in [-0.1, -0.05) is 15.9 Å². The Kier molecular flexibility index (Phi) is 3.89. The molecule has 0 aliphatic carbocycles. The summed E-state index contributed by atoms with van der Waals surface area (Å²) >= 11 is 3.08. The smallest absolute Gasteiger partial charge is 0.416 e. The first-order valence-electron chi connectivity index (χ1n) is 5.36. The van der Waals surface area contributed by atoms with E-state index in [4.69, 9.17) is 10.5 Å². The lowest BCUT2D eigenvalue weighted by atomic mass is 10.2. The van der Waals surface area contributed by atoms with Gasteiger partial charge in [0, 0.05) is 10.5 Å². The third kappa shape index (κ3) is 3.41. The largest absolute Gasteiger partial charge is 0.455 e. The van der Waals surface area contributed by atoms with E-state index < -0.39 is 17.6 Å². The van der Waals surface area contributed by atoms with Crippen molar-refractivity contribution in [3.05, 3.63) is 52.3 Å². The lowest BCUT2D eigenvalue weighted by Gasteiger charge is -2.12. The number of alkyl halides is 3. The van der Waals surface area contributed by atoms with Gasteiger partial charge in [0.2, 0.25) is 0 Å². The van der Waals surface area contributed by atoms with E-state index in [1.165, 1.54) is 12.1 Å². The van der Waals surface area contributed by atoms with Crippen LogP contribution < -0.4 is 10.5 Å². The minimum atomic E-state index is -4.48. The molecule has 106 valence electrons. The van der Waals surface area contributed by atoms with Crippen LogP contribution in [-0.2, 0) is 6.18 Å². The molecule has 0 fully saturated rings. The minimum Gasteiger partial charge on any atom is -0.455 e. The highest BCUT2D eigenvalue weighted by atomic mass is 79.9. The predicted octanol–water partition coefficient (Wildman–Crippen LogP) is 4.98. The van der Waals surface area contributed by atoms with Crippen LogP contribution >= 0.6 is 15.9 Å². The SMILES string of the molecule is Nc1cc(C(F)(F)F)ccc1Oc1cc(F)cc(Br)c1. The number of nitrogens with two attached hydrogens (primary N) is 1. The van der Waals surface area contributed by atoms with Crippen LogP contribution in [-0.4, -0.2) is 0 Å². The van der Waals surface area contributed by atoms with Crippen LogP contribution in [0.5, 0.6) is 11.5 Å². The summed E-state index contributed by atoms with van der Waals surface area (Å²) in [4.78, 5) is 0. The summed E-state index contributed by atoms with van der Waals surface area (Å²) in [5, 5.41) is 0. The Labute approximate surface area is 120 Å². The monoisotopic (exact) mass is 349 g/mol. The Bertz CT molecular complexity index is 623. The molecule has 0 atom stereocenters.